The zero-order valence-electron chi connectivity index (χ0n) is 12.0. The molecule has 3 aromatic rings. The summed E-state index contributed by atoms with van der Waals surface area (Å²) in [7, 11) is 0. The maximum atomic E-state index is 12.8. The van der Waals surface area contributed by atoms with E-state index in [4.69, 9.17) is 0 Å². The number of aromatic nitrogens is 3. The molecular weight excluding hydrogens is 264 g/mol. The number of nitrogens with one attached hydrogen (secondary N) is 1. The van der Waals surface area contributed by atoms with Gasteiger partial charge in [-0.05, 0) is 37.6 Å². The summed E-state index contributed by atoms with van der Waals surface area (Å²) in [6.45, 7) is 4.54. The maximum absolute atomic E-state index is 12.8. The van der Waals surface area contributed by atoms with Crippen molar-refractivity contribution in [3.8, 4) is 0 Å². The molecule has 0 spiro atoms. The number of benzene rings is 1. The number of nitrogens with zero attached hydrogens (tertiary/aromatic N) is 3. The Hall–Kier alpha value is -2.69. The number of amides is 1. The van der Waals surface area contributed by atoms with E-state index in [9.17, 15) is 4.79 Å². The van der Waals surface area contributed by atoms with Gasteiger partial charge in [-0.25, -0.2) is 0 Å². The number of hydrogen-bond donors (Lipinski definition) is 1. The third kappa shape index (κ3) is 2.38. The van der Waals surface area contributed by atoms with Crippen LogP contribution in [0.5, 0.6) is 0 Å². The van der Waals surface area contributed by atoms with Gasteiger partial charge in [-0.3, -0.25) is 14.9 Å². The minimum absolute atomic E-state index is 0.123. The fourth-order valence-electron chi connectivity index (χ4n) is 2.39. The lowest BCUT2D eigenvalue weighted by Gasteiger charge is -2.20. The standard InChI is InChI=1S/C16H16N4O/c1-3-20(12-6-4-5-11(2)9-12)16(21)15-13-10-17-8-7-14(13)18-19-15/h4-10H,3H2,1-2H3,(H,18,19). The average molecular weight is 280 g/mol. The molecule has 0 aliphatic heterocycles. The van der Waals surface area contributed by atoms with Crippen molar-refractivity contribution in [2.24, 2.45) is 0 Å². The van der Waals surface area contributed by atoms with Crippen LogP contribution in [0.25, 0.3) is 10.9 Å². The lowest BCUT2D eigenvalue weighted by Crippen LogP contribution is -2.31. The van der Waals surface area contributed by atoms with Gasteiger partial charge in [0.05, 0.1) is 10.9 Å². The van der Waals surface area contributed by atoms with Crippen molar-refractivity contribution < 1.29 is 4.79 Å². The quantitative estimate of drug-likeness (QED) is 0.802. The Balaban J connectivity index is 2.03. The van der Waals surface area contributed by atoms with E-state index in [0.29, 0.717) is 12.2 Å². The van der Waals surface area contributed by atoms with Crippen molar-refractivity contribution in [2.45, 2.75) is 13.8 Å². The molecule has 0 fully saturated rings. The number of rotatable bonds is 3. The second-order valence-corrected chi connectivity index (χ2v) is 4.88. The predicted octanol–water partition coefficient (Wildman–Crippen LogP) is 2.93. The third-order valence-corrected chi connectivity index (χ3v) is 3.44. The van der Waals surface area contributed by atoms with Gasteiger partial charge in [0, 0.05) is 24.6 Å². The van der Waals surface area contributed by atoms with Crippen LogP contribution < -0.4 is 4.90 Å². The van der Waals surface area contributed by atoms with Gasteiger partial charge in [-0.2, -0.15) is 5.10 Å². The number of hydrogen-bond acceptors (Lipinski definition) is 3. The van der Waals surface area contributed by atoms with Crippen molar-refractivity contribution in [2.75, 3.05) is 11.4 Å². The van der Waals surface area contributed by atoms with Crippen molar-refractivity contribution in [3.05, 3.63) is 54.0 Å². The summed E-state index contributed by atoms with van der Waals surface area (Å²) in [6.07, 6.45) is 3.34. The first-order valence-corrected chi connectivity index (χ1v) is 6.87. The van der Waals surface area contributed by atoms with Crippen LogP contribution in [0, 0.1) is 6.92 Å². The number of fused-ring (bicyclic) bond motifs is 1. The fourth-order valence-corrected chi connectivity index (χ4v) is 2.39. The summed E-state index contributed by atoms with van der Waals surface area (Å²) in [6, 6.07) is 9.69. The summed E-state index contributed by atoms with van der Waals surface area (Å²) in [5, 5.41) is 7.77. The van der Waals surface area contributed by atoms with Gasteiger partial charge < -0.3 is 4.90 Å². The van der Waals surface area contributed by atoms with E-state index < -0.39 is 0 Å². The third-order valence-electron chi connectivity index (χ3n) is 3.44. The van der Waals surface area contributed by atoms with Crippen LogP contribution in [0.15, 0.2) is 42.7 Å². The summed E-state index contributed by atoms with van der Waals surface area (Å²) in [5.41, 5.74) is 3.21. The Morgan fingerprint density at radius 1 is 1.33 bits per heavy atom. The Labute approximate surface area is 122 Å². The van der Waals surface area contributed by atoms with Crippen LogP contribution >= 0.6 is 0 Å². The zero-order valence-corrected chi connectivity index (χ0v) is 12.0. The van der Waals surface area contributed by atoms with Gasteiger partial charge in [-0.15, -0.1) is 0 Å². The highest BCUT2D eigenvalue weighted by Crippen LogP contribution is 2.21. The van der Waals surface area contributed by atoms with Crippen LogP contribution in [-0.4, -0.2) is 27.6 Å². The van der Waals surface area contributed by atoms with Crippen LogP contribution in [0.3, 0.4) is 0 Å². The molecule has 0 atom stereocenters. The van der Waals surface area contributed by atoms with Crippen molar-refractivity contribution >= 4 is 22.5 Å². The SMILES string of the molecule is CCN(C(=O)c1n[nH]c2ccncc12)c1cccc(C)c1. The first kappa shape index (κ1) is 13.3. The molecule has 0 aliphatic rings. The lowest BCUT2D eigenvalue weighted by molar-refractivity contribution is 0.0985. The smallest absolute Gasteiger partial charge is 0.279 e. The maximum Gasteiger partial charge on any atom is 0.279 e. The molecule has 5 nitrogen and oxygen atoms in total. The normalized spacial score (nSPS) is 10.8. The van der Waals surface area contributed by atoms with E-state index in [1.807, 2.05) is 44.2 Å². The number of pyridine rings is 1. The summed E-state index contributed by atoms with van der Waals surface area (Å²) < 4.78 is 0. The number of aryl methyl sites for hydroxylation is 1. The number of carbonyl (C=O) groups is 1. The molecule has 1 amide bonds. The zero-order chi connectivity index (χ0) is 14.8. The first-order valence-electron chi connectivity index (χ1n) is 6.87. The number of aromatic amines is 1. The van der Waals surface area contributed by atoms with Crippen molar-refractivity contribution in [3.63, 3.8) is 0 Å². The van der Waals surface area contributed by atoms with Gasteiger partial charge in [0.2, 0.25) is 0 Å². The Bertz CT molecular complexity index is 794. The summed E-state index contributed by atoms with van der Waals surface area (Å²) in [5.74, 6) is -0.123. The molecule has 0 radical (unpaired) electrons. The lowest BCUT2D eigenvalue weighted by atomic mass is 10.2. The largest absolute Gasteiger partial charge is 0.307 e. The molecule has 1 aromatic carbocycles. The van der Waals surface area contributed by atoms with Gasteiger partial charge in [-0.1, -0.05) is 12.1 Å². The van der Waals surface area contributed by atoms with E-state index in [1.165, 1.54) is 0 Å². The molecule has 21 heavy (non-hydrogen) atoms. The number of carbonyl (C=O) groups excluding carboxylic acids is 1. The van der Waals surface area contributed by atoms with Crippen molar-refractivity contribution in [1.29, 1.82) is 0 Å². The Morgan fingerprint density at radius 3 is 2.95 bits per heavy atom. The number of H-pyrrole nitrogens is 1. The second-order valence-electron chi connectivity index (χ2n) is 4.88. The second kappa shape index (κ2) is 5.36. The van der Waals surface area contributed by atoms with E-state index in [0.717, 1.165) is 22.2 Å². The summed E-state index contributed by atoms with van der Waals surface area (Å²) in [4.78, 5) is 18.6. The van der Waals surface area contributed by atoms with Crippen LogP contribution in [0.4, 0.5) is 5.69 Å². The predicted molar refractivity (Wildman–Crippen MR) is 82.4 cm³/mol. The van der Waals surface area contributed by atoms with Crippen LogP contribution in [0.1, 0.15) is 23.0 Å². The Kier molecular flexibility index (Phi) is 3.39. The van der Waals surface area contributed by atoms with E-state index in [1.54, 1.807) is 17.3 Å². The average Bonchev–Trinajstić information content (AvgIpc) is 2.92. The molecule has 2 aromatic heterocycles. The Morgan fingerprint density at radius 2 is 2.19 bits per heavy atom. The van der Waals surface area contributed by atoms with E-state index in [2.05, 4.69) is 15.2 Å². The molecule has 106 valence electrons. The molecule has 0 aliphatic carbocycles. The molecule has 2 heterocycles. The minimum atomic E-state index is -0.123. The highest BCUT2D eigenvalue weighted by molar-refractivity contribution is 6.12. The van der Waals surface area contributed by atoms with Gasteiger partial charge >= 0.3 is 0 Å². The molecule has 0 saturated carbocycles. The molecule has 1 N–H and O–H groups in total. The molecule has 0 unspecified atom stereocenters. The fraction of sp³-hybridized carbons (Fsp3) is 0.188. The van der Waals surface area contributed by atoms with E-state index in [-0.39, 0.29) is 5.91 Å². The molecule has 5 heteroatoms. The van der Waals surface area contributed by atoms with Crippen LogP contribution in [-0.2, 0) is 0 Å². The van der Waals surface area contributed by atoms with Crippen LogP contribution in [0.2, 0.25) is 0 Å². The highest BCUT2D eigenvalue weighted by atomic mass is 16.2. The van der Waals surface area contributed by atoms with Gasteiger partial charge in [0.1, 0.15) is 0 Å². The van der Waals surface area contributed by atoms with Gasteiger partial charge in [0.25, 0.3) is 5.91 Å². The molecule has 0 saturated heterocycles. The summed E-state index contributed by atoms with van der Waals surface area (Å²) >= 11 is 0. The molecular formula is C16H16N4O. The van der Waals surface area contributed by atoms with E-state index >= 15 is 0 Å². The van der Waals surface area contributed by atoms with Crippen molar-refractivity contribution in [1.82, 2.24) is 15.2 Å². The first-order chi connectivity index (χ1) is 10.2. The highest BCUT2D eigenvalue weighted by Gasteiger charge is 2.21. The minimum Gasteiger partial charge on any atom is -0.307 e. The topological polar surface area (TPSA) is 61.9 Å². The van der Waals surface area contributed by atoms with Gasteiger partial charge in [0.15, 0.2) is 5.69 Å². The number of anilines is 1. The monoisotopic (exact) mass is 280 g/mol. The molecule has 3 rings (SSSR count). The molecule has 0 bridgehead atoms.